The highest BCUT2D eigenvalue weighted by molar-refractivity contribution is 8.26. The molecule has 0 atom stereocenters. The lowest BCUT2D eigenvalue weighted by molar-refractivity contribution is -0.122. The van der Waals surface area contributed by atoms with Crippen molar-refractivity contribution in [1.82, 2.24) is 4.90 Å². The first kappa shape index (κ1) is 21.5. The topological polar surface area (TPSA) is 58.6 Å². The van der Waals surface area contributed by atoms with E-state index in [1.807, 2.05) is 41.8 Å². The first-order valence-electron chi connectivity index (χ1n) is 9.29. The van der Waals surface area contributed by atoms with Gasteiger partial charge in [0.1, 0.15) is 10.1 Å². The molecule has 1 aliphatic heterocycles. The van der Waals surface area contributed by atoms with Crippen molar-refractivity contribution >= 4 is 63.2 Å². The van der Waals surface area contributed by atoms with E-state index in [4.69, 9.17) is 17.0 Å². The standard InChI is InChI=1S/C21H22N2O3S3/c1-26-16-8-5-7-15(13-16)22-19(24)10-3-2-4-11-23-20(25)18(29-21(23)27)14-17-9-6-12-28-17/h5-9,12-14H,2-4,10-11H2,1H3,(H,22,24). The molecule has 3 rings (SSSR count). The lowest BCUT2D eigenvalue weighted by atomic mass is 10.1. The number of unbranched alkanes of at least 4 members (excludes halogenated alkanes) is 2. The Hall–Kier alpha value is -2.16. The van der Waals surface area contributed by atoms with E-state index in [9.17, 15) is 9.59 Å². The summed E-state index contributed by atoms with van der Waals surface area (Å²) in [4.78, 5) is 28.0. The van der Waals surface area contributed by atoms with Crippen LogP contribution < -0.4 is 10.1 Å². The van der Waals surface area contributed by atoms with Crippen LogP contribution in [0.3, 0.4) is 0 Å². The van der Waals surface area contributed by atoms with Gasteiger partial charge >= 0.3 is 0 Å². The Bertz CT molecular complexity index is 910. The van der Waals surface area contributed by atoms with E-state index in [0.717, 1.165) is 29.8 Å². The van der Waals surface area contributed by atoms with Gasteiger partial charge in [0.25, 0.3) is 5.91 Å². The highest BCUT2D eigenvalue weighted by atomic mass is 32.2. The van der Waals surface area contributed by atoms with Crippen molar-refractivity contribution in [3.8, 4) is 5.75 Å². The smallest absolute Gasteiger partial charge is 0.266 e. The maximum Gasteiger partial charge on any atom is 0.266 e. The van der Waals surface area contributed by atoms with Crippen LogP contribution in [-0.2, 0) is 9.59 Å². The fraction of sp³-hybridized carbons (Fsp3) is 0.286. The molecule has 0 spiro atoms. The molecule has 0 saturated carbocycles. The van der Waals surface area contributed by atoms with Crippen molar-refractivity contribution in [1.29, 1.82) is 0 Å². The summed E-state index contributed by atoms with van der Waals surface area (Å²) >= 11 is 8.31. The van der Waals surface area contributed by atoms with Gasteiger partial charge in [0.05, 0.1) is 12.0 Å². The number of benzene rings is 1. The molecule has 0 aliphatic carbocycles. The number of anilines is 1. The molecule has 2 amide bonds. The van der Waals surface area contributed by atoms with Crippen molar-refractivity contribution in [2.45, 2.75) is 25.7 Å². The van der Waals surface area contributed by atoms with E-state index in [-0.39, 0.29) is 11.8 Å². The molecule has 1 aliphatic rings. The van der Waals surface area contributed by atoms with Crippen LogP contribution in [0.1, 0.15) is 30.6 Å². The molecule has 1 aromatic carbocycles. The Morgan fingerprint density at radius 3 is 2.86 bits per heavy atom. The van der Waals surface area contributed by atoms with Crippen molar-refractivity contribution < 1.29 is 14.3 Å². The van der Waals surface area contributed by atoms with Gasteiger partial charge in [0.15, 0.2) is 0 Å². The third-order valence-corrected chi connectivity index (χ3v) is 6.53. The summed E-state index contributed by atoms with van der Waals surface area (Å²) in [5.74, 6) is 0.659. The zero-order valence-electron chi connectivity index (χ0n) is 16.1. The van der Waals surface area contributed by atoms with E-state index in [2.05, 4.69) is 5.32 Å². The monoisotopic (exact) mass is 446 g/mol. The number of nitrogens with one attached hydrogen (secondary N) is 1. The lowest BCUT2D eigenvalue weighted by Crippen LogP contribution is -2.29. The number of carbonyl (C=O) groups excluding carboxylic acids is 2. The zero-order valence-corrected chi connectivity index (χ0v) is 18.5. The van der Waals surface area contributed by atoms with Gasteiger partial charge in [-0.25, -0.2) is 0 Å². The van der Waals surface area contributed by atoms with Crippen molar-refractivity contribution in [3.05, 3.63) is 51.6 Å². The van der Waals surface area contributed by atoms with Crippen LogP contribution >= 0.6 is 35.3 Å². The maximum absolute atomic E-state index is 12.5. The number of rotatable bonds is 9. The molecule has 5 nitrogen and oxygen atoms in total. The summed E-state index contributed by atoms with van der Waals surface area (Å²) in [5.41, 5.74) is 0.726. The highest BCUT2D eigenvalue weighted by Gasteiger charge is 2.31. The minimum Gasteiger partial charge on any atom is -0.497 e. The second-order valence-corrected chi connectivity index (χ2v) is 9.09. The molecule has 1 fully saturated rings. The number of methoxy groups -OCH3 is 1. The average Bonchev–Trinajstić information content (AvgIpc) is 3.31. The van der Waals surface area contributed by atoms with Gasteiger partial charge in [0, 0.05) is 29.6 Å². The third-order valence-electron chi connectivity index (χ3n) is 4.33. The second kappa shape index (κ2) is 10.6. The molecule has 152 valence electrons. The van der Waals surface area contributed by atoms with Gasteiger partial charge in [-0.1, -0.05) is 42.5 Å². The predicted molar refractivity (Wildman–Crippen MR) is 124 cm³/mol. The minimum absolute atomic E-state index is 0.0239. The number of thiocarbonyl (C=S) groups is 1. The van der Waals surface area contributed by atoms with Crippen LogP contribution in [0.15, 0.2) is 46.7 Å². The number of amides is 2. The van der Waals surface area contributed by atoms with E-state index in [1.165, 1.54) is 11.8 Å². The largest absolute Gasteiger partial charge is 0.497 e. The van der Waals surface area contributed by atoms with Crippen LogP contribution in [0.2, 0.25) is 0 Å². The Balaban J connectivity index is 1.38. The van der Waals surface area contributed by atoms with Crippen LogP contribution in [0.5, 0.6) is 5.75 Å². The number of hydrogen-bond acceptors (Lipinski definition) is 6. The van der Waals surface area contributed by atoms with Crippen molar-refractivity contribution in [2.75, 3.05) is 19.0 Å². The number of thiophene rings is 1. The summed E-state index contributed by atoms with van der Waals surface area (Å²) in [6.45, 7) is 0.587. The Kier molecular flexibility index (Phi) is 7.85. The fourth-order valence-electron chi connectivity index (χ4n) is 2.85. The van der Waals surface area contributed by atoms with Gasteiger partial charge in [0.2, 0.25) is 5.91 Å². The molecule has 0 unspecified atom stereocenters. The van der Waals surface area contributed by atoms with Crippen molar-refractivity contribution in [3.63, 3.8) is 0 Å². The van der Waals surface area contributed by atoms with E-state index in [0.29, 0.717) is 27.9 Å². The molecule has 1 saturated heterocycles. The zero-order chi connectivity index (χ0) is 20.6. The molecule has 29 heavy (non-hydrogen) atoms. The molecule has 1 N–H and O–H groups in total. The fourth-order valence-corrected chi connectivity index (χ4v) is 4.88. The summed E-state index contributed by atoms with van der Waals surface area (Å²) in [7, 11) is 1.59. The predicted octanol–water partition coefficient (Wildman–Crippen LogP) is 5.16. The van der Waals surface area contributed by atoms with Gasteiger partial charge in [-0.3, -0.25) is 14.5 Å². The van der Waals surface area contributed by atoms with Crippen LogP contribution in [0.25, 0.3) is 6.08 Å². The summed E-state index contributed by atoms with van der Waals surface area (Å²) in [6.07, 6.45) is 4.76. The molecule has 0 radical (unpaired) electrons. The number of hydrogen-bond donors (Lipinski definition) is 1. The molecular weight excluding hydrogens is 424 g/mol. The molecule has 1 aromatic heterocycles. The average molecular weight is 447 g/mol. The Morgan fingerprint density at radius 1 is 1.24 bits per heavy atom. The SMILES string of the molecule is COc1cccc(NC(=O)CCCCCN2C(=O)C(=Cc3cccs3)SC2=S)c1. The first-order chi connectivity index (χ1) is 14.1. The van der Waals surface area contributed by atoms with Gasteiger partial charge in [-0.05, 0) is 42.5 Å². The minimum atomic E-state index is -0.0252. The van der Waals surface area contributed by atoms with E-state index < -0.39 is 0 Å². The number of nitrogens with zero attached hydrogens (tertiary/aromatic N) is 1. The molecule has 8 heteroatoms. The van der Waals surface area contributed by atoms with Crippen LogP contribution in [-0.4, -0.2) is 34.7 Å². The van der Waals surface area contributed by atoms with Gasteiger partial charge < -0.3 is 10.1 Å². The number of ether oxygens (including phenoxy) is 1. The summed E-state index contributed by atoms with van der Waals surface area (Å²) in [6, 6.07) is 11.2. The van der Waals surface area contributed by atoms with E-state index in [1.54, 1.807) is 29.4 Å². The summed E-state index contributed by atoms with van der Waals surface area (Å²) < 4.78 is 5.76. The van der Waals surface area contributed by atoms with E-state index >= 15 is 0 Å². The molecule has 0 bridgehead atoms. The van der Waals surface area contributed by atoms with Crippen LogP contribution in [0.4, 0.5) is 5.69 Å². The van der Waals surface area contributed by atoms with Gasteiger partial charge in [-0.2, -0.15) is 0 Å². The van der Waals surface area contributed by atoms with Crippen molar-refractivity contribution in [2.24, 2.45) is 0 Å². The molecule has 2 heterocycles. The van der Waals surface area contributed by atoms with Gasteiger partial charge in [-0.15, -0.1) is 11.3 Å². The highest BCUT2D eigenvalue weighted by Crippen LogP contribution is 2.33. The lowest BCUT2D eigenvalue weighted by Gasteiger charge is -2.14. The number of carbonyl (C=O) groups is 2. The molecular formula is C21H22N2O3S3. The number of thioether (sulfide) groups is 1. The third kappa shape index (κ3) is 6.16. The second-order valence-electron chi connectivity index (χ2n) is 6.44. The normalized spacial score (nSPS) is 15.2. The quantitative estimate of drug-likeness (QED) is 0.328. The Labute approximate surface area is 184 Å². The maximum atomic E-state index is 12.5. The molecule has 2 aromatic rings. The first-order valence-corrected chi connectivity index (χ1v) is 11.4. The summed E-state index contributed by atoms with van der Waals surface area (Å²) in [5, 5.41) is 4.86. The Morgan fingerprint density at radius 2 is 2.10 bits per heavy atom. The van der Waals surface area contributed by atoms with Crippen LogP contribution in [0, 0.1) is 0 Å².